The summed E-state index contributed by atoms with van der Waals surface area (Å²) in [4.78, 5) is 2.15. The average Bonchev–Trinajstić information content (AvgIpc) is 3.11. The predicted molar refractivity (Wildman–Crippen MR) is 81.9 cm³/mol. The fourth-order valence-electron chi connectivity index (χ4n) is 2.64. The molecule has 0 aliphatic carbocycles. The molecule has 20 heavy (non-hydrogen) atoms. The van der Waals surface area contributed by atoms with Crippen molar-refractivity contribution in [2.45, 2.75) is 6.92 Å². The van der Waals surface area contributed by atoms with Gasteiger partial charge in [-0.05, 0) is 19.1 Å². The zero-order valence-corrected chi connectivity index (χ0v) is 11.3. The molecule has 100 valence electrons. The summed E-state index contributed by atoms with van der Waals surface area (Å²) < 4.78 is 6.03. The summed E-state index contributed by atoms with van der Waals surface area (Å²) in [7, 11) is 0. The Bertz CT molecular complexity index is 806. The molecule has 1 aliphatic rings. The average molecular weight is 265 g/mol. The predicted octanol–water partition coefficient (Wildman–Crippen LogP) is 3.63. The Morgan fingerprint density at radius 2 is 1.95 bits per heavy atom. The summed E-state index contributed by atoms with van der Waals surface area (Å²) in [5, 5.41) is 8.73. The topological polar surface area (TPSA) is 32.0 Å². The van der Waals surface area contributed by atoms with Crippen LogP contribution in [0.1, 0.15) is 6.92 Å². The molecule has 0 saturated heterocycles. The number of furan rings is 1. The highest BCUT2D eigenvalue weighted by molar-refractivity contribution is 6.08. The van der Waals surface area contributed by atoms with Gasteiger partial charge in [0, 0.05) is 17.3 Å². The maximum Gasteiger partial charge on any atom is 0.160 e. The maximum absolute atomic E-state index is 6.03. The van der Waals surface area contributed by atoms with E-state index in [-0.39, 0.29) is 0 Å². The van der Waals surface area contributed by atoms with Crippen LogP contribution in [0.15, 0.2) is 52.0 Å². The highest BCUT2D eigenvalue weighted by atomic mass is 16.3. The van der Waals surface area contributed by atoms with Crippen molar-refractivity contribution in [3.05, 3.63) is 42.5 Å². The zero-order chi connectivity index (χ0) is 13.5. The molecule has 2 aromatic carbocycles. The van der Waals surface area contributed by atoms with E-state index in [1.54, 1.807) is 0 Å². The highest BCUT2D eigenvalue weighted by Gasteiger charge is 2.19. The molecular formula is C16H15N3O. The lowest BCUT2D eigenvalue weighted by atomic mass is 10.1. The first-order chi connectivity index (χ1) is 9.86. The van der Waals surface area contributed by atoms with Crippen LogP contribution in [0.3, 0.4) is 0 Å². The van der Waals surface area contributed by atoms with Crippen LogP contribution in [0.2, 0.25) is 0 Å². The van der Waals surface area contributed by atoms with E-state index in [1.807, 2.05) is 29.5 Å². The second-order valence-corrected chi connectivity index (χ2v) is 4.93. The SMILES string of the molecule is CCN1C=NN(c2cccc3c2oc2ccccc23)C1. The quantitative estimate of drug-likeness (QED) is 0.709. The summed E-state index contributed by atoms with van der Waals surface area (Å²) in [6.07, 6.45) is 1.88. The number of anilines is 1. The lowest BCUT2D eigenvalue weighted by Gasteiger charge is -2.17. The fourth-order valence-corrected chi connectivity index (χ4v) is 2.64. The Morgan fingerprint density at radius 1 is 1.10 bits per heavy atom. The van der Waals surface area contributed by atoms with Crippen molar-refractivity contribution in [3.8, 4) is 0 Å². The number of para-hydroxylation sites is 2. The van der Waals surface area contributed by atoms with Crippen LogP contribution < -0.4 is 5.01 Å². The third-order valence-electron chi connectivity index (χ3n) is 3.74. The Balaban J connectivity index is 1.90. The lowest BCUT2D eigenvalue weighted by molar-refractivity contribution is 0.481. The van der Waals surface area contributed by atoms with Crippen LogP contribution in [0.4, 0.5) is 5.69 Å². The van der Waals surface area contributed by atoms with Crippen molar-refractivity contribution in [1.82, 2.24) is 4.90 Å². The van der Waals surface area contributed by atoms with Gasteiger partial charge in [0.25, 0.3) is 0 Å². The minimum absolute atomic E-state index is 0.770. The summed E-state index contributed by atoms with van der Waals surface area (Å²) >= 11 is 0. The number of benzene rings is 2. The Hall–Kier alpha value is -2.49. The first-order valence-corrected chi connectivity index (χ1v) is 6.83. The second-order valence-electron chi connectivity index (χ2n) is 4.93. The van der Waals surface area contributed by atoms with Crippen LogP contribution >= 0.6 is 0 Å². The van der Waals surface area contributed by atoms with Crippen molar-refractivity contribution in [2.24, 2.45) is 5.10 Å². The van der Waals surface area contributed by atoms with Crippen LogP contribution in [-0.2, 0) is 0 Å². The number of nitrogens with zero attached hydrogens (tertiary/aromatic N) is 3. The van der Waals surface area contributed by atoms with Gasteiger partial charge in [-0.3, -0.25) is 0 Å². The number of hydrogen-bond donors (Lipinski definition) is 0. The van der Waals surface area contributed by atoms with Gasteiger partial charge in [0.05, 0.1) is 0 Å². The molecule has 0 unspecified atom stereocenters. The molecule has 0 bridgehead atoms. The maximum atomic E-state index is 6.03. The molecule has 0 fully saturated rings. The molecule has 4 nitrogen and oxygen atoms in total. The molecule has 0 radical (unpaired) electrons. The first-order valence-electron chi connectivity index (χ1n) is 6.83. The second kappa shape index (κ2) is 4.27. The van der Waals surface area contributed by atoms with Gasteiger partial charge in [0.15, 0.2) is 5.58 Å². The summed E-state index contributed by atoms with van der Waals surface area (Å²) in [5.74, 6) is 0. The third-order valence-corrected chi connectivity index (χ3v) is 3.74. The van der Waals surface area contributed by atoms with E-state index in [4.69, 9.17) is 4.42 Å². The summed E-state index contributed by atoms with van der Waals surface area (Å²) in [6, 6.07) is 14.3. The van der Waals surface area contributed by atoms with Crippen LogP contribution in [0.25, 0.3) is 21.9 Å². The number of rotatable bonds is 2. The molecule has 4 rings (SSSR count). The molecule has 4 heteroatoms. The lowest BCUT2D eigenvalue weighted by Crippen LogP contribution is -2.26. The molecule has 0 N–H and O–H groups in total. The van der Waals surface area contributed by atoms with Crippen molar-refractivity contribution in [2.75, 3.05) is 18.2 Å². The Labute approximate surface area is 116 Å². The molecular weight excluding hydrogens is 250 g/mol. The van der Waals surface area contributed by atoms with E-state index in [0.29, 0.717) is 0 Å². The van der Waals surface area contributed by atoms with E-state index < -0.39 is 0 Å². The summed E-state index contributed by atoms with van der Waals surface area (Å²) in [5.41, 5.74) is 2.85. The zero-order valence-electron chi connectivity index (χ0n) is 11.3. The summed E-state index contributed by atoms with van der Waals surface area (Å²) in [6.45, 7) is 3.85. The number of hydrogen-bond acceptors (Lipinski definition) is 4. The van der Waals surface area contributed by atoms with Crippen LogP contribution in [0.5, 0.6) is 0 Å². The molecule has 3 aromatic rings. The van der Waals surface area contributed by atoms with Crippen molar-refractivity contribution < 1.29 is 4.42 Å². The van der Waals surface area contributed by atoms with Gasteiger partial charge in [-0.2, -0.15) is 5.10 Å². The van der Waals surface area contributed by atoms with E-state index in [9.17, 15) is 0 Å². The smallest absolute Gasteiger partial charge is 0.160 e. The molecule has 0 atom stereocenters. The standard InChI is InChI=1S/C16H15N3O/c1-2-18-10-17-19(11-18)14-8-5-7-13-12-6-3-4-9-15(12)20-16(13)14/h3-10H,2,11H2,1H3. The van der Waals surface area contributed by atoms with Gasteiger partial charge in [0.1, 0.15) is 24.3 Å². The van der Waals surface area contributed by atoms with Crippen LogP contribution in [0, 0.1) is 0 Å². The normalized spacial score (nSPS) is 14.8. The minimum Gasteiger partial charge on any atom is -0.454 e. The molecule has 2 heterocycles. The van der Waals surface area contributed by atoms with E-state index >= 15 is 0 Å². The molecule has 1 aliphatic heterocycles. The number of hydrazone groups is 1. The minimum atomic E-state index is 0.770. The molecule has 0 spiro atoms. The van der Waals surface area contributed by atoms with Gasteiger partial charge < -0.3 is 9.32 Å². The highest BCUT2D eigenvalue weighted by Crippen LogP contribution is 2.35. The molecule has 0 saturated carbocycles. The molecule has 0 amide bonds. The van der Waals surface area contributed by atoms with Gasteiger partial charge in [-0.25, -0.2) is 5.01 Å². The monoisotopic (exact) mass is 265 g/mol. The van der Waals surface area contributed by atoms with Crippen molar-refractivity contribution >= 4 is 34.0 Å². The van der Waals surface area contributed by atoms with Gasteiger partial charge in [0.2, 0.25) is 0 Å². The van der Waals surface area contributed by atoms with Crippen LogP contribution in [-0.4, -0.2) is 24.5 Å². The first kappa shape index (κ1) is 11.3. The van der Waals surface area contributed by atoms with E-state index in [2.05, 4.69) is 41.2 Å². The third kappa shape index (κ3) is 1.58. The Kier molecular flexibility index (Phi) is 2.42. The fraction of sp³-hybridized carbons (Fsp3) is 0.188. The number of fused-ring (bicyclic) bond motifs is 3. The van der Waals surface area contributed by atoms with Crippen molar-refractivity contribution in [1.29, 1.82) is 0 Å². The van der Waals surface area contributed by atoms with E-state index in [0.717, 1.165) is 40.8 Å². The van der Waals surface area contributed by atoms with Gasteiger partial charge in [-0.1, -0.05) is 30.3 Å². The van der Waals surface area contributed by atoms with Crippen molar-refractivity contribution in [3.63, 3.8) is 0 Å². The molecule has 1 aromatic heterocycles. The largest absolute Gasteiger partial charge is 0.454 e. The van der Waals surface area contributed by atoms with E-state index in [1.165, 1.54) is 0 Å². The van der Waals surface area contributed by atoms with Gasteiger partial charge >= 0.3 is 0 Å². The Morgan fingerprint density at radius 3 is 2.80 bits per heavy atom. The van der Waals surface area contributed by atoms with Gasteiger partial charge in [-0.15, -0.1) is 0 Å².